The van der Waals surface area contributed by atoms with Gasteiger partial charge in [0.2, 0.25) is 0 Å². The maximum atomic E-state index is 14.2. The van der Waals surface area contributed by atoms with Crippen molar-refractivity contribution in [3.63, 3.8) is 0 Å². The highest BCUT2D eigenvalue weighted by Crippen LogP contribution is 2.30. The van der Waals surface area contributed by atoms with Crippen LogP contribution in [0.15, 0.2) is 23.2 Å². The summed E-state index contributed by atoms with van der Waals surface area (Å²) in [6.07, 6.45) is 4.41. The van der Waals surface area contributed by atoms with Crippen LogP contribution < -0.4 is 15.4 Å². The summed E-state index contributed by atoms with van der Waals surface area (Å²) in [5, 5.41) is 6.57. The van der Waals surface area contributed by atoms with Gasteiger partial charge in [-0.25, -0.2) is 4.39 Å². The Bertz CT molecular complexity index is 576. The Morgan fingerprint density at radius 2 is 2.15 bits per heavy atom. The average Bonchev–Trinajstić information content (AvgIpc) is 3.46. The van der Waals surface area contributed by atoms with Crippen LogP contribution in [0.4, 0.5) is 4.39 Å². The van der Waals surface area contributed by atoms with Crippen LogP contribution in [-0.4, -0.2) is 39.4 Å². The van der Waals surface area contributed by atoms with Crippen molar-refractivity contribution in [2.45, 2.75) is 45.6 Å². The molecule has 0 aliphatic heterocycles. The molecule has 0 amide bonds. The maximum Gasteiger partial charge on any atom is 0.191 e. The molecule has 0 saturated heterocycles. The van der Waals surface area contributed by atoms with E-state index in [1.165, 1.54) is 18.9 Å². The summed E-state index contributed by atoms with van der Waals surface area (Å²) in [5.41, 5.74) is 0.862. The summed E-state index contributed by atoms with van der Waals surface area (Å²) in [7, 11) is 1.73. The molecular weight excluding hydrogens is 333 g/mol. The first kappa shape index (κ1) is 20.5. The number of benzene rings is 1. The first-order chi connectivity index (χ1) is 12.6. The van der Waals surface area contributed by atoms with Gasteiger partial charge in [-0.15, -0.1) is 0 Å². The predicted molar refractivity (Wildman–Crippen MR) is 103 cm³/mol. The fourth-order valence-electron chi connectivity index (χ4n) is 2.56. The number of nitrogens with zero attached hydrogens (tertiary/aromatic N) is 1. The SMILES string of the molecule is CCOCCCCNC(=NC)NC(C)c1ccc(OCC2CC2)c(F)c1. The lowest BCUT2D eigenvalue weighted by atomic mass is 10.1. The van der Waals surface area contributed by atoms with Crippen molar-refractivity contribution < 1.29 is 13.9 Å². The number of ether oxygens (including phenoxy) is 2. The van der Waals surface area contributed by atoms with Crippen LogP contribution in [0.3, 0.4) is 0 Å². The summed E-state index contributed by atoms with van der Waals surface area (Å²) in [5.74, 6) is 1.35. The Kier molecular flexibility index (Phi) is 8.68. The molecule has 146 valence electrons. The van der Waals surface area contributed by atoms with Gasteiger partial charge in [-0.3, -0.25) is 4.99 Å². The van der Waals surface area contributed by atoms with Gasteiger partial charge < -0.3 is 20.1 Å². The molecule has 1 aliphatic carbocycles. The second kappa shape index (κ2) is 11.0. The first-order valence-electron chi connectivity index (χ1n) is 9.61. The molecule has 0 heterocycles. The highest BCUT2D eigenvalue weighted by Gasteiger charge is 2.22. The third-order valence-corrected chi connectivity index (χ3v) is 4.42. The van der Waals surface area contributed by atoms with E-state index < -0.39 is 0 Å². The quantitative estimate of drug-likeness (QED) is 0.357. The molecular formula is C20H32FN3O2. The lowest BCUT2D eigenvalue weighted by Gasteiger charge is -2.19. The molecule has 1 aromatic rings. The standard InChI is InChI=1S/C20H32FN3O2/c1-4-25-12-6-5-11-23-20(22-3)24-15(2)17-9-10-19(18(21)13-17)26-14-16-7-8-16/h9-10,13,15-16H,4-8,11-12,14H2,1-3H3,(H2,22,23,24). The summed E-state index contributed by atoms with van der Waals surface area (Å²) >= 11 is 0. The zero-order valence-electron chi connectivity index (χ0n) is 16.2. The van der Waals surface area contributed by atoms with Gasteiger partial charge in [-0.1, -0.05) is 6.07 Å². The number of unbranched alkanes of at least 4 members (excludes halogenated alkanes) is 1. The van der Waals surface area contributed by atoms with E-state index in [-0.39, 0.29) is 11.9 Å². The van der Waals surface area contributed by atoms with E-state index in [4.69, 9.17) is 9.47 Å². The molecule has 0 radical (unpaired) electrons. The zero-order valence-corrected chi connectivity index (χ0v) is 16.2. The molecule has 0 aromatic heterocycles. The maximum absolute atomic E-state index is 14.2. The molecule has 1 atom stereocenters. The molecule has 1 unspecified atom stereocenters. The number of guanidine groups is 1. The Hall–Kier alpha value is -1.82. The van der Waals surface area contributed by atoms with Crippen LogP contribution in [0.1, 0.15) is 51.1 Å². The van der Waals surface area contributed by atoms with Crippen LogP contribution in [-0.2, 0) is 4.74 Å². The second-order valence-electron chi connectivity index (χ2n) is 6.71. The largest absolute Gasteiger partial charge is 0.490 e. The van der Waals surface area contributed by atoms with Crippen LogP contribution in [0, 0.1) is 11.7 Å². The molecule has 5 nitrogen and oxygen atoms in total. The third kappa shape index (κ3) is 7.20. The molecule has 0 spiro atoms. The molecule has 1 fully saturated rings. The number of nitrogens with one attached hydrogen (secondary N) is 2. The van der Waals surface area contributed by atoms with Crippen molar-refractivity contribution in [1.82, 2.24) is 10.6 Å². The second-order valence-corrected chi connectivity index (χ2v) is 6.71. The van der Waals surface area contributed by atoms with Crippen LogP contribution >= 0.6 is 0 Å². The smallest absolute Gasteiger partial charge is 0.191 e. The molecule has 2 rings (SSSR count). The summed E-state index contributed by atoms with van der Waals surface area (Å²) < 4.78 is 25.1. The minimum Gasteiger partial charge on any atom is -0.490 e. The molecule has 1 aliphatic rings. The van der Waals surface area contributed by atoms with E-state index in [1.54, 1.807) is 13.1 Å². The Labute approximate surface area is 156 Å². The summed E-state index contributed by atoms with van der Waals surface area (Å²) in [4.78, 5) is 4.23. The topological polar surface area (TPSA) is 54.9 Å². The van der Waals surface area contributed by atoms with Crippen molar-refractivity contribution in [2.75, 3.05) is 33.4 Å². The van der Waals surface area contributed by atoms with Gasteiger partial charge in [0.25, 0.3) is 0 Å². The van der Waals surface area contributed by atoms with Crippen molar-refractivity contribution in [3.05, 3.63) is 29.6 Å². The molecule has 0 bridgehead atoms. The van der Waals surface area contributed by atoms with Crippen molar-refractivity contribution in [2.24, 2.45) is 10.9 Å². The summed E-state index contributed by atoms with van der Waals surface area (Å²) in [6.45, 7) is 6.97. The number of hydrogen-bond acceptors (Lipinski definition) is 3. The van der Waals surface area contributed by atoms with E-state index in [0.717, 1.165) is 38.2 Å². The normalized spacial score (nSPS) is 15.6. The van der Waals surface area contributed by atoms with Gasteiger partial charge in [-0.2, -0.15) is 0 Å². The Morgan fingerprint density at radius 1 is 1.35 bits per heavy atom. The number of halogens is 1. The highest BCUT2D eigenvalue weighted by atomic mass is 19.1. The number of rotatable bonds is 11. The average molecular weight is 365 g/mol. The van der Waals surface area contributed by atoms with Crippen molar-refractivity contribution >= 4 is 5.96 Å². The van der Waals surface area contributed by atoms with Gasteiger partial charge in [0, 0.05) is 26.8 Å². The number of aliphatic imine (C=N–C) groups is 1. The van der Waals surface area contributed by atoms with Crippen LogP contribution in [0.25, 0.3) is 0 Å². The lowest BCUT2D eigenvalue weighted by Crippen LogP contribution is -2.39. The van der Waals surface area contributed by atoms with Crippen molar-refractivity contribution in [3.8, 4) is 5.75 Å². The minimum absolute atomic E-state index is 0.0587. The minimum atomic E-state index is -0.310. The fraction of sp³-hybridized carbons (Fsp3) is 0.650. The van der Waals surface area contributed by atoms with Gasteiger partial charge in [0.05, 0.1) is 12.6 Å². The van der Waals surface area contributed by atoms with E-state index in [9.17, 15) is 4.39 Å². The van der Waals surface area contributed by atoms with Gasteiger partial charge in [-0.05, 0) is 63.1 Å². The van der Waals surface area contributed by atoms with Crippen LogP contribution in [0.5, 0.6) is 5.75 Å². The molecule has 2 N–H and O–H groups in total. The van der Waals surface area contributed by atoms with Crippen LogP contribution in [0.2, 0.25) is 0 Å². The molecule has 6 heteroatoms. The van der Waals surface area contributed by atoms with Crippen molar-refractivity contribution in [1.29, 1.82) is 0 Å². The zero-order chi connectivity index (χ0) is 18.8. The van der Waals surface area contributed by atoms with E-state index >= 15 is 0 Å². The van der Waals surface area contributed by atoms with E-state index in [2.05, 4.69) is 15.6 Å². The van der Waals surface area contributed by atoms with E-state index in [1.807, 2.05) is 19.9 Å². The molecule has 26 heavy (non-hydrogen) atoms. The Morgan fingerprint density at radius 3 is 2.81 bits per heavy atom. The first-order valence-corrected chi connectivity index (χ1v) is 9.61. The highest BCUT2D eigenvalue weighted by molar-refractivity contribution is 5.80. The van der Waals surface area contributed by atoms with Gasteiger partial charge in [0.15, 0.2) is 17.5 Å². The Balaban J connectivity index is 1.77. The van der Waals surface area contributed by atoms with E-state index in [0.29, 0.717) is 24.2 Å². The lowest BCUT2D eigenvalue weighted by molar-refractivity contribution is 0.143. The van der Waals surface area contributed by atoms with Gasteiger partial charge >= 0.3 is 0 Å². The predicted octanol–water partition coefficient (Wildman–Crippen LogP) is 3.66. The monoisotopic (exact) mass is 365 g/mol. The molecule has 1 aromatic carbocycles. The third-order valence-electron chi connectivity index (χ3n) is 4.42. The summed E-state index contributed by atoms with van der Waals surface area (Å²) in [6, 6.07) is 5.10. The molecule has 1 saturated carbocycles. The van der Waals surface area contributed by atoms with Gasteiger partial charge in [0.1, 0.15) is 0 Å². The fourth-order valence-corrected chi connectivity index (χ4v) is 2.56. The number of hydrogen-bond donors (Lipinski definition) is 2.